The van der Waals surface area contributed by atoms with Gasteiger partial charge in [-0.2, -0.15) is 8.78 Å². The number of hydrogen-bond donors (Lipinski definition) is 1. The first-order chi connectivity index (χ1) is 11.0. The highest BCUT2D eigenvalue weighted by Crippen LogP contribution is 2.27. The Morgan fingerprint density at radius 3 is 2.52 bits per heavy atom. The van der Waals surface area contributed by atoms with Crippen molar-refractivity contribution < 1.29 is 23.1 Å². The standard InChI is InChI=1S/C15H12F2N2O3S/c1-9(20)19-10-4-6-11(7-5-10)22-14(21)12-3-2-8-18-13(12)23-15(16)17/h2-8,15H,1H3,(H,19,20). The van der Waals surface area contributed by atoms with Gasteiger partial charge in [-0.3, -0.25) is 4.79 Å². The molecular formula is C15H12F2N2O3S. The van der Waals surface area contributed by atoms with Crippen LogP contribution in [0.15, 0.2) is 47.6 Å². The van der Waals surface area contributed by atoms with Gasteiger partial charge in [0.05, 0.1) is 5.56 Å². The van der Waals surface area contributed by atoms with Crippen molar-refractivity contribution in [1.29, 1.82) is 0 Å². The molecule has 0 aliphatic heterocycles. The normalized spacial score (nSPS) is 10.4. The Hall–Kier alpha value is -2.48. The summed E-state index contributed by atoms with van der Waals surface area (Å²) >= 11 is 0.180. The van der Waals surface area contributed by atoms with Crippen LogP contribution in [0.3, 0.4) is 0 Å². The minimum absolute atomic E-state index is 0.0382. The number of nitrogens with zero attached hydrogens (tertiary/aromatic N) is 1. The molecule has 23 heavy (non-hydrogen) atoms. The van der Waals surface area contributed by atoms with Crippen molar-refractivity contribution in [1.82, 2.24) is 4.98 Å². The topological polar surface area (TPSA) is 68.3 Å². The molecule has 1 heterocycles. The van der Waals surface area contributed by atoms with Crippen LogP contribution in [-0.2, 0) is 4.79 Å². The van der Waals surface area contributed by atoms with Gasteiger partial charge >= 0.3 is 5.97 Å². The van der Waals surface area contributed by atoms with Gasteiger partial charge in [-0.05, 0) is 48.2 Å². The van der Waals surface area contributed by atoms with E-state index in [0.29, 0.717) is 5.69 Å². The number of anilines is 1. The highest BCUT2D eigenvalue weighted by Gasteiger charge is 2.18. The number of carbonyl (C=O) groups excluding carboxylic acids is 2. The molecule has 8 heteroatoms. The number of hydrogen-bond acceptors (Lipinski definition) is 5. The maximum atomic E-state index is 12.5. The zero-order chi connectivity index (χ0) is 16.8. The molecule has 0 saturated heterocycles. The van der Waals surface area contributed by atoms with Crippen molar-refractivity contribution >= 4 is 29.3 Å². The fraction of sp³-hybridized carbons (Fsp3) is 0.133. The third kappa shape index (κ3) is 5.03. The van der Waals surface area contributed by atoms with E-state index in [1.807, 2.05) is 0 Å². The number of nitrogens with one attached hydrogen (secondary N) is 1. The predicted octanol–water partition coefficient (Wildman–Crippen LogP) is 3.57. The zero-order valence-corrected chi connectivity index (χ0v) is 12.8. The highest BCUT2D eigenvalue weighted by atomic mass is 32.2. The predicted molar refractivity (Wildman–Crippen MR) is 81.8 cm³/mol. The molecule has 1 N–H and O–H groups in total. The summed E-state index contributed by atoms with van der Waals surface area (Å²) in [6.07, 6.45) is 1.32. The second kappa shape index (κ2) is 7.68. The van der Waals surface area contributed by atoms with E-state index < -0.39 is 11.7 Å². The number of thioether (sulfide) groups is 1. The van der Waals surface area contributed by atoms with Crippen LogP contribution < -0.4 is 10.1 Å². The van der Waals surface area contributed by atoms with Gasteiger partial charge in [-0.25, -0.2) is 9.78 Å². The average molecular weight is 338 g/mol. The summed E-state index contributed by atoms with van der Waals surface area (Å²) in [5.74, 6) is -3.47. The van der Waals surface area contributed by atoms with Crippen LogP contribution >= 0.6 is 11.8 Å². The van der Waals surface area contributed by atoms with E-state index in [2.05, 4.69) is 10.3 Å². The van der Waals surface area contributed by atoms with Gasteiger partial charge in [0.15, 0.2) is 0 Å². The molecule has 1 aromatic carbocycles. The smallest absolute Gasteiger partial charge is 0.346 e. The first-order valence-corrected chi connectivity index (χ1v) is 7.33. The zero-order valence-electron chi connectivity index (χ0n) is 12.0. The molecule has 0 bridgehead atoms. The molecule has 0 radical (unpaired) electrons. The fourth-order valence-corrected chi connectivity index (χ4v) is 2.26. The third-order valence-electron chi connectivity index (χ3n) is 2.58. The van der Waals surface area contributed by atoms with E-state index in [-0.39, 0.29) is 34.0 Å². The summed E-state index contributed by atoms with van der Waals surface area (Å²) in [6, 6.07) is 8.92. The molecule has 0 atom stereocenters. The number of carbonyl (C=O) groups is 2. The average Bonchev–Trinajstić information content (AvgIpc) is 2.48. The Labute approximate surface area is 135 Å². The molecule has 0 fully saturated rings. The molecule has 0 unspecified atom stereocenters. The minimum atomic E-state index is -2.69. The van der Waals surface area contributed by atoms with Gasteiger partial charge < -0.3 is 10.1 Å². The van der Waals surface area contributed by atoms with Gasteiger partial charge in [-0.15, -0.1) is 0 Å². The number of esters is 1. The van der Waals surface area contributed by atoms with Crippen LogP contribution in [0.5, 0.6) is 5.75 Å². The van der Waals surface area contributed by atoms with Crippen molar-refractivity contribution in [3.63, 3.8) is 0 Å². The molecule has 120 valence electrons. The van der Waals surface area contributed by atoms with E-state index in [1.165, 1.54) is 37.4 Å². The van der Waals surface area contributed by atoms with Crippen LogP contribution in [0.25, 0.3) is 0 Å². The van der Waals surface area contributed by atoms with Gasteiger partial charge in [0.2, 0.25) is 5.91 Å². The quantitative estimate of drug-likeness (QED) is 0.513. The number of ether oxygens (including phenoxy) is 1. The fourth-order valence-electron chi connectivity index (χ4n) is 1.70. The van der Waals surface area contributed by atoms with Gasteiger partial charge in [0.1, 0.15) is 10.8 Å². The SMILES string of the molecule is CC(=O)Nc1ccc(OC(=O)c2cccnc2SC(F)F)cc1. The maximum absolute atomic E-state index is 12.5. The largest absolute Gasteiger partial charge is 0.423 e. The summed E-state index contributed by atoms with van der Waals surface area (Å²) in [7, 11) is 0. The Morgan fingerprint density at radius 2 is 1.91 bits per heavy atom. The summed E-state index contributed by atoms with van der Waals surface area (Å²) in [5.41, 5.74) is 0.511. The molecule has 0 spiro atoms. The summed E-state index contributed by atoms with van der Waals surface area (Å²) in [5, 5.41) is 2.48. The molecule has 5 nitrogen and oxygen atoms in total. The Morgan fingerprint density at radius 1 is 1.22 bits per heavy atom. The Kier molecular flexibility index (Phi) is 5.64. The summed E-state index contributed by atoms with van der Waals surface area (Å²) in [4.78, 5) is 26.8. The van der Waals surface area contributed by atoms with Crippen molar-refractivity contribution in [3.05, 3.63) is 48.2 Å². The van der Waals surface area contributed by atoms with Crippen molar-refractivity contribution in [3.8, 4) is 5.75 Å². The van der Waals surface area contributed by atoms with Gasteiger partial charge in [-0.1, -0.05) is 0 Å². The molecular weight excluding hydrogens is 326 g/mol. The van der Waals surface area contributed by atoms with Crippen LogP contribution in [0.1, 0.15) is 17.3 Å². The van der Waals surface area contributed by atoms with E-state index in [0.717, 1.165) is 0 Å². The second-order valence-corrected chi connectivity index (χ2v) is 5.31. The van der Waals surface area contributed by atoms with Crippen molar-refractivity contribution in [2.75, 3.05) is 5.32 Å². The van der Waals surface area contributed by atoms with Gasteiger partial charge in [0, 0.05) is 18.8 Å². The lowest BCUT2D eigenvalue weighted by atomic mass is 10.3. The van der Waals surface area contributed by atoms with Crippen molar-refractivity contribution in [2.45, 2.75) is 17.7 Å². The van der Waals surface area contributed by atoms with E-state index >= 15 is 0 Å². The first kappa shape index (κ1) is 16.9. The lowest BCUT2D eigenvalue weighted by molar-refractivity contribution is -0.114. The molecule has 2 aromatic rings. The number of aromatic nitrogens is 1. The molecule has 0 aliphatic rings. The molecule has 0 saturated carbocycles. The summed E-state index contributed by atoms with van der Waals surface area (Å²) < 4.78 is 30.1. The molecule has 2 rings (SSSR count). The van der Waals surface area contributed by atoms with Crippen LogP contribution in [-0.4, -0.2) is 22.6 Å². The molecule has 1 amide bonds. The molecule has 1 aromatic heterocycles. The van der Waals surface area contributed by atoms with E-state index in [9.17, 15) is 18.4 Å². The summed E-state index contributed by atoms with van der Waals surface area (Å²) in [6.45, 7) is 1.37. The van der Waals surface area contributed by atoms with Crippen molar-refractivity contribution in [2.24, 2.45) is 0 Å². The number of benzene rings is 1. The van der Waals surface area contributed by atoms with Crippen LogP contribution in [0.4, 0.5) is 14.5 Å². The van der Waals surface area contributed by atoms with Crippen LogP contribution in [0, 0.1) is 0 Å². The highest BCUT2D eigenvalue weighted by molar-refractivity contribution is 7.99. The Balaban J connectivity index is 2.11. The van der Waals surface area contributed by atoms with Crippen LogP contribution in [0.2, 0.25) is 0 Å². The lowest BCUT2D eigenvalue weighted by Crippen LogP contribution is -2.11. The number of halogens is 2. The number of pyridine rings is 1. The maximum Gasteiger partial charge on any atom is 0.346 e. The lowest BCUT2D eigenvalue weighted by Gasteiger charge is -2.08. The number of alkyl halides is 2. The first-order valence-electron chi connectivity index (χ1n) is 6.45. The molecule has 0 aliphatic carbocycles. The number of amides is 1. The van der Waals surface area contributed by atoms with E-state index in [4.69, 9.17) is 4.74 Å². The second-order valence-electron chi connectivity index (χ2n) is 4.33. The van der Waals surface area contributed by atoms with Gasteiger partial charge in [0.25, 0.3) is 5.76 Å². The third-order valence-corrected chi connectivity index (χ3v) is 3.30. The monoisotopic (exact) mass is 338 g/mol. The minimum Gasteiger partial charge on any atom is -0.423 e. The number of rotatable bonds is 5. The van der Waals surface area contributed by atoms with E-state index in [1.54, 1.807) is 12.1 Å². The Bertz CT molecular complexity index is 708.